The highest BCUT2D eigenvalue weighted by molar-refractivity contribution is 5.92. The molecule has 2 fully saturated rings. The number of carbonyl (C=O) groups is 1. The van der Waals surface area contributed by atoms with Gasteiger partial charge in [0.25, 0.3) is 5.56 Å². The number of carboxylic acid groups (broad SMARTS) is 1. The highest BCUT2D eigenvalue weighted by Gasteiger charge is 2.54. The Labute approximate surface area is 156 Å². The summed E-state index contributed by atoms with van der Waals surface area (Å²) in [6, 6.07) is 8.47. The van der Waals surface area contributed by atoms with Gasteiger partial charge in [-0.1, -0.05) is 19.1 Å². The van der Waals surface area contributed by atoms with Crippen molar-refractivity contribution in [1.29, 1.82) is 0 Å². The van der Waals surface area contributed by atoms with Gasteiger partial charge in [-0.05, 0) is 43.0 Å². The van der Waals surface area contributed by atoms with Crippen LogP contribution >= 0.6 is 0 Å². The monoisotopic (exact) mass is 369 g/mol. The molecule has 1 saturated heterocycles. The quantitative estimate of drug-likeness (QED) is 0.639. The average molecular weight is 369 g/mol. The van der Waals surface area contributed by atoms with Crippen LogP contribution in [0.2, 0.25) is 0 Å². The van der Waals surface area contributed by atoms with Crippen LogP contribution in [0.15, 0.2) is 29.1 Å². The summed E-state index contributed by atoms with van der Waals surface area (Å²) in [5.41, 5.74) is 1.37. The predicted molar refractivity (Wildman–Crippen MR) is 103 cm³/mol. The fraction of sp³-hybridized carbons (Fsp3) is 0.400. The molecule has 1 saturated carbocycles. The van der Waals surface area contributed by atoms with Crippen molar-refractivity contribution in [3.05, 3.63) is 45.7 Å². The van der Waals surface area contributed by atoms with Gasteiger partial charge in [-0.25, -0.2) is 4.79 Å². The molecular weight excluding hydrogens is 346 g/mol. The maximum Gasteiger partial charge on any atom is 0.345 e. The Balaban J connectivity index is 1.63. The minimum Gasteiger partial charge on any atom is -0.506 e. The number of aromatic hydroxyl groups is 1. The van der Waals surface area contributed by atoms with E-state index in [1.165, 1.54) is 0 Å². The molecule has 1 aliphatic heterocycles. The number of hydrogen-bond donors (Lipinski definition) is 4. The van der Waals surface area contributed by atoms with Crippen LogP contribution in [0.1, 0.15) is 22.8 Å². The lowest BCUT2D eigenvalue weighted by Crippen LogP contribution is -2.29. The van der Waals surface area contributed by atoms with E-state index < -0.39 is 22.8 Å². The van der Waals surface area contributed by atoms with Gasteiger partial charge in [-0.2, -0.15) is 0 Å². The normalized spacial score (nSPS) is 23.3. The minimum atomic E-state index is -1.43. The first kappa shape index (κ1) is 17.6. The fourth-order valence-electron chi connectivity index (χ4n) is 4.42. The van der Waals surface area contributed by atoms with E-state index in [9.17, 15) is 14.7 Å². The van der Waals surface area contributed by atoms with E-state index >= 15 is 0 Å². The predicted octanol–water partition coefficient (Wildman–Crippen LogP) is 1.66. The Morgan fingerprint density at radius 3 is 2.41 bits per heavy atom. The third-order valence-corrected chi connectivity index (χ3v) is 5.91. The largest absolute Gasteiger partial charge is 0.506 e. The number of fused-ring (bicyclic) bond motifs is 1. The lowest BCUT2D eigenvalue weighted by atomic mass is 10.0. The number of rotatable bonds is 5. The number of aromatic carboxylic acids is 1. The van der Waals surface area contributed by atoms with Gasteiger partial charge in [0.2, 0.25) is 0 Å². The first-order valence-electron chi connectivity index (χ1n) is 9.20. The lowest BCUT2D eigenvalue weighted by molar-refractivity contribution is 0.0691. The number of nitrogens with zero attached hydrogens (tertiary/aromatic N) is 1. The Hall–Kier alpha value is -2.80. The van der Waals surface area contributed by atoms with Crippen LogP contribution in [0.4, 0.5) is 5.69 Å². The van der Waals surface area contributed by atoms with E-state index in [0.29, 0.717) is 23.7 Å². The maximum atomic E-state index is 12.1. The first-order chi connectivity index (χ1) is 13.0. The van der Waals surface area contributed by atoms with E-state index in [1.807, 2.05) is 38.2 Å². The molecule has 1 aromatic carbocycles. The summed E-state index contributed by atoms with van der Waals surface area (Å²) >= 11 is 0. The lowest BCUT2D eigenvalue weighted by Gasteiger charge is -2.22. The average Bonchev–Trinajstić information content (AvgIpc) is 3.12. The van der Waals surface area contributed by atoms with E-state index in [2.05, 4.69) is 15.2 Å². The van der Waals surface area contributed by atoms with Crippen LogP contribution in [-0.2, 0) is 6.42 Å². The van der Waals surface area contributed by atoms with Gasteiger partial charge in [0, 0.05) is 30.4 Å². The Bertz CT molecular complexity index is 939. The number of benzene rings is 1. The second kappa shape index (κ2) is 6.42. The van der Waals surface area contributed by atoms with Crippen molar-refractivity contribution in [1.82, 2.24) is 10.3 Å². The second-order valence-corrected chi connectivity index (χ2v) is 7.28. The molecule has 27 heavy (non-hydrogen) atoms. The zero-order valence-corrected chi connectivity index (χ0v) is 15.3. The molecule has 0 unspecified atom stereocenters. The zero-order chi connectivity index (χ0) is 19.3. The molecule has 142 valence electrons. The van der Waals surface area contributed by atoms with Gasteiger partial charge in [0.05, 0.1) is 5.69 Å². The molecule has 7 heteroatoms. The van der Waals surface area contributed by atoms with Crippen molar-refractivity contribution in [2.24, 2.45) is 11.8 Å². The zero-order valence-electron chi connectivity index (χ0n) is 15.3. The molecule has 4 N–H and O–H groups in total. The Morgan fingerprint density at radius 1 is 1.26 bits per heavy atom. The van der Waals surface area contributed by atoms with Gasteiger partial charge in [-0.15, -0.1) is 0 Å². The van der Waals surface area contributed by atoms with Crippen molar-refractivity contribution in [2.45, 2.75) is 19.4 Å². The molecule has 2 aliphatic rings. The number of aromatic nitrogens is 1. The molecule has 1 aliphatic carbocycles. The molecule has 2 aromatic rings. The molecule has 0 spiro atoms. The third kappa shape index (κ3) is 2.78. The Morgan fingerprint density at radius 2 is 1.89 bits per heavy atom. The summed E-state index contributed by atoms with van der Waals surface area (Å²) in [6.07, 6.45) is 0.404. The van der Waals surface area contributed by atoms with Crippen LogP contribution in [0.5, 0.6) is 5.75 Å². The molecule has 0 bridgehead atoms. The minimum absolute atomic E-state index is 0.404. The number of aromatic amines is 1. The number of piperidine rings is 1. The number of pyridine rings is 1. The van der Waals surface area contributed by atoms with Gasteiger partial charge in [-0.3, -0.25) is 4.79 Å². The molecule has 0 radical (unpaired) electrons. The van der Waals surface area contributed by atoms with Gasteiger partial charge in [0.1, 0.15) is 5.75 Å². The molecular formula is C20H23N3O4. The molecule has 3 atom stereocenters. The van der Waals surface area contributed by atoms with Crippen LogP contribution in [0.25, 0.3) is 11.3 Å². The summed E-state index contributed by atoms with van der Waals surface area (Å²) in [5.74, 6) is -0.445. The smallest absolute Gasteiger partial charge is 0.345 e. The maximum absolute atomic E-state index is 12.1. The van der Waals surface area contributed by atoms with Crippen molar-refractivity contribution >= 4 is 11.7 Å². The fourth-order valence-corrected chi connectivity index (χ4v) is 4.42. The van der Waals surface area contributed by atoms with Crippen molar-refractivity contribution < 1.29 is 15.0 Å². The summed E-state index contributed by atoms with van der Waals surface area (Å²) in [5, 5.41) is 22.8. The number of H-pyrrole nitrogens is 1. The highest BCUT2D eigenvalue weighted by atomic mass is 16.4. The molecule has 4 rings (SSSR count). The number of nitrogens with one attached hydrogen (secondary N) is 2. The number of carboxylic acids is 1. The van der Waals surface area contributed by atoms with Crippen molar-refractivity contribution in [3.8, 4) is 17.0 Å². The molecule has 1 aromatic heterocycles. The third-order valence-electron chi connectivity index (χ3n) is 5.91. The van der Waals surface area contributed by atoms with Gasteiger partial charge < -0.3 is 25.4 Å². The molecule has 7 nitrogen and oxygen atoms in total. The van der Waals surface area contributed by atoms with E-state index in [-0.39, 0.29) is 0 Å². The second-order valence-electron chi connectivity index (χ2n) is 7.28. The SMILES string of the molecule is CCc1c(-c2ccc(N3C[C@@H]4[C@H](C3)[C@H]4NC)cc2)[nH]c(=O)c(C(=O)O)c1O. The summed E-state index contributed by atoms with van der Waals surface area (Å²) in [4.78, 5) is 28.3. The van der Waals surface area contributed by atoms with Crippen LogP contribution in [0, 0.1) is 11.8 Å². The Kier molecular flexibility index (Phi) is 4.19. The van der Waals surface area contributed by atoms with Crippen LogP contribution in [0.3, 0.4) is 0 Å². The summed E-state index contributed by atoms with van der Waals surface area (Å²) in [6.45, 7) is 3.90. The van der Waals surface area contributed by atoms with E-state index in [1.54, 1.807) is 0 Å². The summed E-state index contributed by atoms with van der Waals surface area (Å²) < 4.78 is 0. The number of anilines is 1. The topological polar surface area (TPSA) is 106 Å². The van der Waals surface area contributed by atoms with Crippen LogP contribution < -0.4 is 15.8 Å². The van der Waals surface area contributed by atoms with Crippen molar-refractivity contribution in [3.63, 3.8) is 0 Å². The van der Waals surface area contributed by atoms with Crippen molar-refractivity contribution in [2.75, 3.05) is 25.0 Å². The van der Waals surface area contributed by atoms with Gasteiger partial charge >= 0.3 is 5.97 Å². The van der Waals surface area contributed by atoms with Crippen LogP contribution in [-0.4, -0.2) is 47.3 Å². The van der Waals surface area contributed by atoms with E-state index in [0.717, 1.165) is 36.2 Å². The highest BCUT2D eigenvalue weighted by Crippen LogP contribution is 2.46. The molecule has 0 amide bonds. The van der Waals surface area contributed by atoms with E-state index in [4.69, 9.17) is 5.11 Å². The van der Waals surface area contributed by atoms with Gasteiger partial charge in [0.15, 0.2) is 5.56 Å². The standard InChI is InChI=1S/C20H23N3O4/c1-3-12-16(22-19(25)15(18(12)24)20(26)27)10-4-6-11(7-5-10)23-8-13-14(9-23)17(13)21-2/h4-7,13-14,17,21H,3,8-9H2,1-2H3,(H,26,27)(H2,22,24,25)/t13-,14+,17+. The summed E-state index contributed by atoms with van der Waals surface area (Å²) in [7, 11) is 2.01. The first-order valence-corrected chi connectivity index (χ1v) is 9.20. The number of hydrogen-bond acceptors (Lipinski definition) is 5. The molecule has 2 heterocycles.